The summed E-state index contributed by atoms with van der Waals surface area (Å²) < 4.78 is 24.1. The summed E-state index contributed by atoms with van der Waals surface area (Å²) in [6.07, 6.45) is -3.95. The van der Waals surface area contributed by atoms with E-state index in [4.69, 9.17) is 36.1 Å². The van der Waals surface area contributed by atoms with Gasteiger partial charge in [-0.15, -0.1) is 0 Å². The fraction of sp³-hybridized carbons (Fsp3) is 0.893. The minimum atomic E-state index is -1.49. The summed E-state index contributed by atoms with van der Waals surface area (Å²) >= 11 is 0. The number of piperidine rings is 1. The number of ether oxygens (including phenoxy) is 4. The van der Waals surface area contributed by atoms with Crippen LogP contribution in [0.5, 0.6) is 0 Å². The van der Waals surface area contributed by atoms with Gasteiger partial charge < -0.3 is 77.8 Å². The zero-order valence-corrected chi connectivity index (χ0v) is 25.6. The van der Waals surface area contributed by atoms with Crippen molar-refractivity contribution < 1.29 is 44.2 Å². The Kier molecular flexibility index (Phi) is 12.7. The number of hydrogen-bond acceptors (Lipinski definition) is 15. The molecule has 0 aromatic heterocycles. The number of hydrogen-bond donors (Lipinski definition) is 11. The van der Waals surface area contributed by atoms with E-state index >= 15 is 0 Å². The van der Waals surface area contributed by atoms with Crippen molar-refractivity contribution in [3.63, 3.8) is 0 Å². The van der Waals surface area contributed by atoms with Crippen molar-refractivity contribution in [1.29, 1.82) is 0 Å². The molecule has 44 heavy (non-hydrogen) atoms. The first kappa shape index (κ1) is 35.3. The van der Waals surface area contributed by atoms with Gasteiger partial charge >= 0.3 is 0 Å². The summed E-state index contributed by atoms with van der Waals surface area (Å²) in [5, 5.41) is 55.5. The third-order valence-corrected chi connectivity index (χ3v) is 9.02. The molecule has 0 aromatic rings. The maximum Gasteiger partial charge on any atom is 0.250 e. The van der Waals surface area contributed by atoms with Gasteiger partial charge in [-0.05, 0) is 71.3 Å². The highest BCUT2D eigenvalue weighted by Crippen LogP contribution is 2.32. The molecule has 1 amide bonds. The van der Waals surface area contributed by atoms with Gasteiger partial charge in [0, 0.05) is 12.6 Å². The Hall–Kier alpha value is -1.51. The highest BCUT2D eigenvalue weighted by molar-refractivity contribution is 5.81. The second-order valence-electron chi connectivity index (χ2n) is 12.6. The van der Waals surface area contributed by atoms with Crippen molar-refractivity contribution in [3.05, 3.63) is 11.8 Å². The van der Waals surface area contributed by atoms with Crippen LogP contribution >= 0.6 is 0 Å². The molecular formula is C28H53N7O9. The van der Waals surface area contributed by atoms with E-state index in [1.54, 1.807) is 7.05 Å². The van der Waals surface area contributed by atoms with E-state index in [0.717, 1.165) is 32.5 Å². The van der Waals surface area contributed by atoms with E-state index in [1.807, 2.05) is 6.08 Å². The Morgan fingerprint density at radius 3 is 2.55 bits per heavy atom. The Morgan fingerprint density at radius 2 is 1.86 bits per heavy atom. The monoisotopic (exact) mass is 631 g/mol. The molecule has 14 N–H and O–H groups in total. The second-order valence-corrected chi connectivity index (χ2v) is 12.6. The van der Waals surface area contributed by atoms with Gasteiger partial charge in [-0.25, -0.2) is 0 Å². The minimum Gasteiger partial charge on any atom is -0.467 e. The molecule has 1 aliphatic carbocycles. The highest BCUT2D eigenvalue weighted by atomic mass is 16.7. The lowest BCUT2D eigenvalue weighted by Gasteiger charge is -2.48. The van der Waals surface area contributed by atoms with Gasteiger partial charge in [0.25, 0.3) is 0 Å². The highest BCUT2D eigenvalue weighted by Gasteiger charge is 2.52. The number of rotatable bonds is 12. The van der Waals surface area contributed by atoms with Crippen molar-refractivity contribution in [2.24, 2.45) is 23.1 Å². The van der Waals surface area contributed by atoms with Crippen LogP contribution in [-0.2, 0) is 23.7 Å². The van der Waals surface area contributed by atoms with Crippen LogP contribution in [-0.4, -0.2) is 146 Å². The zero-order chi connectivity index (χ0) is 32.0. The molecule has 3 fully saturated rings. The maximum absolute atomic E-state index is 12.6. The third kappa shape index (κ3) is 8.64. The fourth-order valence-electron chi connectivity index (χ4n) is 6.39. The molecule has 3 aliphatic heterocycles. The molecule has 0 radical (unpaired) electrons. The fourth-order valence-corrected chi connectivity index (χ4v) is 6.39. The molecule has 0 bridgehead atoms. The first-order valence-corrected chi connectivity index (χ1v) is 15.6. The van der Waals surface area contributed by atoms with Gasteiger partial charge in [0.05, 0.1) is 31.3 Å². The molecule has 16 heteroatoms. The van der Waals surface area contributed by atoms with E-state index in [9.17, 15) is 25.2 Å². The van der Waals surface area contributed by atoms with E-state index in [0.29, 0.717) is 24.6 Å². The number of nitrogens with two attached hydrogens (primary N) is 3. The smallest absolute Gasteiger partial charge is 0.250 e. The molecule has 4 aliphatic rings. The van der Waals surface area contributed by atoms with E-state index in [-0.39, 0.29) is 19.6 Å². The van der Waals surface area contributed by atoms with Crippen molar-refractivity contribution >= 4 is 5.91 Å². The average Bonchev–Trinajstić information content (AvgIpc) is 2.99. The Balaban J connectivity index is 1.44. The minimum absolute atomic E-state index is 0.0772. The lowest BCUT2D eigenvalue weighted by Crippen LogP contribution is -2.69. The predicted octanol–water partition coefficient (Wildman–Crippen LogP) is -4.74. The van der Waals surface area contributed by atoms with Gasteiger partial charge in [-0.2, -0.15) is 0 Å². The molecule has 0 unspecified atom stereocenters. The van der Waals surface area contributed by atoms with Gasteiger partial charge in [0.1, 0.15) is 41.9 Å². The Bertz CT molecular complexity index is 956. The van der Waals surface area contributed by atoms with Crippen LogP contribution in [0.4, 0.5) is 0 Å². The summed E-state index contributed by atoms with van der Waals surface area (Å²) in [6, 6.07) is -3.04. The molecule has 4 rings (SSSR count). The molecular weight excluding hydrogens is 578 g/mol. The predicted molar refractivity (Wildman–Crippen MR) is 159 cm³/mol. The van der Waals surface area contributed by atoms with Crippen molar-refractivity contribution in [1.82, 2.24) is 21.3 Å². The van der Waals surface area contributed by atoms with Crippen molar-refractivity contribution in [2.75, 3.05) is 46.4 Å². The first-order chi connectivity index (χ1) is 20.9. The van der Waals surface area contributed by atoms with Crippen LogP contribution in [0.1, 0.15) is 32.6 Å². The van der Waals surface area contributed by atoms with Gasteiger partial charge in [-0.3, -0.25) is 4.79 Å². The number of carbonyl (C=O) groups excluding carboxylic acids is 1. The van der Waals surface area contributed by atoms with Crippen LogP contribution in [0.25, 0.3) is 0 Å². The number of carbonyl (C=O) groups is 1. The van der Waals surface area contributed by atoms with Crippen molar-refractivity contribution in [2.45, 2.75) is 105 Å². The van der Waals surface area contributed by atoms with E-state index < -0.39 is 78.8 Å². The number of likely N-dealkylation sites (N-methyl/N-ethyl adjacent to an activating group) is 1. The molecule has 254 valence electrons. The maximum atomic E-state index is 12.6. The summed E-state index contributed by atoms with van der Waals surface area (Å²) in [5.74, 6) is 0.514. The van der Waals surface area contributed by atoms with Crippen LogP contribution in [0.3, 0.4) is 0 Å². The van der Waals surface area contributed by atoms with Gasteiger partial charge in [0.2, 0.25) is 12.2 Å². The van der Waals surface area contributed by atoms with Gasteiger partial charge in [0.15, 0.2) is 6.29 Å². The second kappa shape index (κ2) is 15.9. The molecule has 12 atom stereocenters. The third-order valence-electron chi connectivity index (χ3n) is 9.02. The molecule has 1 saturated carbocycles. The Morgan fingerprint density at radius 1 is 1.16 bits per heavy atom. The standard InChI is InChI=1S/C28H53N7O9/c1-28(40)13-41-27(21(38)24(28)32-2)44-23-18(35-25(39)19(36)10-29)9-17(31)22(20(23)37)43-26-16(30)4-3-15(42-26)12-34-11-14-5-7-33-8-6-14/h3,14,16-24,26-27,32-34,36-38,40H,4-13,29-31H2,1-2H3,(H,35,39)/t16-,17+,18-,19-,20+,21-,22-,23+,24-,26-,27+,28+/m1/s1. The number of aliphatic hydroxyl groups is 4. The first-order valence-electron chi connectivity index (χ1n) is 15.6. The molecule has 3 heterocycles. The molecule has 0 aromatic carbocycles. The summed E-state index contributed by atoms with van der Waals surface area (Å²) in [7, 11) is 1.58. The lowest BCUT2D eigenvalue weighted by atomic mass is 9.83. The summed E-state index contributed by atoms with van der Waals surface area (Å²) in [6.45, 7) is 4.45. The summed E-state index contributed by atoms with van der Waals surface area (Å²) in [4.78, 5) is 12.6. The largest absolute Gasteiger partial charge is 0.467 e. The quantitative estimate of drug-likeness (QED) is 0.0966. The SMILES string of the molecule is CN[C@@H]1[C@@H](O)[C@H](O[C@@H]2[C@@H](O)[C@H](O[C@H]3OC(CNCC4CCNCC4)=CC[C@H]3N)[C@@H](N)C[C@H]2NC(=O)[C@H](O)CN)OC[C@]1(C)O. The van der Waals surface area contributed by atoms with Crippen LogP contribution in [0, 0.1) is 5.92 Å². The molecule has 0 spiro atoms. The zero-order valence-electron chi connectivity index (χ0n) is 25.6. The number of aliphatic hydroxyl groups excluding tert-OH is 3. The van der Waals surface area contributed by atoms with E-state index in [2.05, 4.69) is 21.3 Å². The topological polar surface area (TPSA) is 261 Å². The normalized spacial score (nSPS) is 41.0. The number of amides is 1. The van der Waals surface area contributed by atoms with Crippen LogP contribution < -0.4 is 38.5 Å². The van der Waals surface area contributed by atoms with Crippen molar-refractivity contribution in [3.8, 4) is 0 Å². The number of nitrogens with one attached hydrogen (secondary N) is 4. The molecule has 16 nitrogen and oxygen atoms in total. The van der Waals surface area contributed by atoms with E-state index in [1.165, 1.54) is 6.92 Å². The average molecular weight is 632 g/mol. The molecule has 2 saturated heterocycles. The van der Waals surface area contributed by atoms with Crippen LogP contribution in [0.15, 0.2) is 11.8 Å². The summed E-state index contributed by atoms with van der Waals surface area (Å²) in [5.41, 5.74) is 16.9. The lowest BCUT2D eigenvalue weighted by molar-refractivity contribution is -0.304. The Labute approximate surface area is 258 Å². The van der Waals surface area contributed by atoms with Gasteiger partial charge in [-0.1, -0.05) is 0 Å². The van der Waals surface area contributed by atoms with Crippen LogP contribution in [0.2, 0.25) is 0 Å².